The van der Waals surface area contributed by atoms with Gasteiger partial charge in [0.25, 0.3) is 0 Å². The van der Waals surface area contributed by atoms with E-state index in [0.717, 1.165) is 17.7 Å². The number of esters is 1. The van der Waals surface area contributed by atoms with Crippen molar-refractivity contribution in [2.45, 2.75) is 76.3 Å². The number of benzene rings is 1. The molecular formula is C35H47NO10. The van der Waals surface area contributed by atoms with Crippen LogP contribution in [-0.4, -0.2) is 101 Å². The highest BCUT2D eigenvalue weighted by Gasteiger charge is 2.59. The Morgan fingerprint density at radius 3 is 2.50 bits per heavy atom. The van der Waals surface area contributed by atoms with Crippen molar-refractivity contribution in [1.82, 2.24) is 0 Å². The number of aliphatic hydroxyl groups is 5. The van der Waals surface area contributed by atoms with Crippen LogP contribution in [0.25, 0.3) is 6.08 Å². The van der Waals surface area contributed by atoms with Gasteiger partial charge in [-0.25, -0.2) is 4.79 Å². The number of allylic oxidation sites excluding steroid dienone is 3. The molecule has 2 saturated carbocycles. The van der Waals surface area contributed by atoms with Gasteiger partial charge in [0.2, 0.25) is 0 Å². The van der Waals surface area contributed by atoms with Crippen LogP contribution in [0.3, 0.4) is 0 Å². The summed E-state index contributed by atoms with van der Waals surface area (Å²) < 4.78 is 17.4. The van der Waals surface area contributed by atoms with Gasteiger partial charge in [-0.05, 0) is 61.3 Å². The third-order valence-corrected chi connectivity index (χ3v) is 10.7. The molecule has 1 aromatic carbocycles. The molecule has 1 saturated heterocycles. The summed E-state index contributed by atoms with van der Waals surface area (Å²) >= 11 is 0. The van der Waals surface area contributed by atoms with E-state index in [1.165, 1.54) is 0 Å². The first-order valence-corrected chi connectivity index (χ1v) is 15.8. The average molecular weight is 642 g/mol. The first kappa shape index (κ1) is 34.3. The van der Waals surface area contributed by atoms with E-state index in [1.54, 1.807) is 30.4 Å². The van der Waals surface area contributed by atoms with E-state index < -0.39 is 54.8 Å². The molecular weight excluding hydrogens is 594 g/mol. The summed E-state index contributed by atoms with van der Waals surface area (Å²) in [7, 11) is 3.76. The first-order valence-electron chi connectivity index (χ1n) is 15.8. The van der Waals surface area contributed by atoms with Crippen LogP contribution >= 0.6 is 0 Å². The van der Waals surface area contributed by atoms with Gasteiger partial charge in [-0.3, -0.25) is 0 Å². The Hall–Kier alpha value is -3.03. The number of carbonyl (C=O) groups excluding carboxylic acids is 1. The monoisotopic (exact) mass is 641 g/mol. The van der Waals surface area contributed by atoms with Gasteiger partial charge >= 0.3 is 5.97 Å². The van der Waals surface area contributed by atoms with Gasteiger partial charge in [-0.15, -0.1) is 0 Å². The number of hydrogen-bond donors (Lipinski definition) is 6. The van der Waals surface area contributed by atoms with Gasteiger partial charge in [0, 0.05) is 42.7 Å². The number of aromatic hydroxyl groups is 1. The molecule has 7 unspecified atom stereocenters. The zero-order valence-corrected chi connectivity index (χ0v) is 26.9. The van der Waals surface area contributed by atoms with Crippen LogP contribution < -0.4 is 4.90 Å². The Morgan fingerprint density at radius 1 is 1.11 bits per heavy atom. The summed E-state index contributed by atoms with van der Waals surface area (Å²) in [5.74, 6) is -0.256. The number of fused-ring (bicyclic) bond motifs is 1. The standard InChI is InChI=1S/C35H47NO10/c1-19-6-11-27-34(2,13-12-28(35(27,3)18-38)46-33-31(42)30(41)29(40)26(17-37)45-33)24(19)10-8-21-15-23(44-32(21)43)14-20-7-9-22(36(4)5)16-25(20)39/h7-10,14-16,24,26-31,33,37-42H,1,6,11-13,17-18H2,2-5H3/b10-8+,23-14+/t24?,26?,27?,28-,29?,30?,31?,33?,34-,35+/m1/s1. The molecule has 5 rings (SSSR count). The average Bonchev–Trinajstić information content (AvgIpc) is 3.37. The van der Waals surface area contributed by atoms with Crippen LogP contribution in [0.2, 0.25) is 0 Å². The SMILES string of the molecule is C=C1CCC2[C@](C)(CC[C@@H](OC3OC(CO)C(O)C(O)C3O)[C@@]2(C)CO)C1/C=C/C1=CC(=C\c2ccc(N(C)C)cc2O)/OC1=O. The normalized spacial score (nSPS) is 39.0. The van der Waals surface area contributed by atoms with E-state index in [-0.39, 0.29) is 29.6 Å². The molecule has 0 aromatic heterocycles. The number of cyclic esters (lactones) is 1. The van der Waals surface area contributed by atoms with Crippen LogP contribution in [-0.2, 0) is 19.0 Å². The number of aliphatic hydroxyl groups excluding tert-OH is 5. The Bertz CT molecular complexity index is 1420. The minimum absolute atomic E-state index is 0.0399. The van der Waals surface area contributed by atoms with Crippen LogP contribution in [0.15, 0.2) is 59.9 Å². The molecule has 0 bridgehead atoms. The highest BCUT2D eigenvalue weighted by atomic mass is 16.7. The molecule has 4 aliphatic rings. The highest BCUT2D eigenvalue weighted by Crippen LogP contribution is 2.62. The van der Waals surface area contributed by atoms with Crippen molar-refractivity contribution < 1.29 is 49.6 Å². The summed E-state index contributed by atoms with van der Waals surface area (Å²) in [5.41, 5.74) is 1.66. The molecule has 11 nitrogen and oxygen atoms in total. The third-order valence-electron chi connectivity index (χ3n) is 10.7. The van der Waals surface area contributed by atoms with Crippen molar-refractivity contribution in [2.75, 3.05) is 32.2 Å². The van der Waals surface area contributed by atoms with Gasteiger partial charge < -0.3 is 49.7 Å². The predicted molar refractivity (Wildman–Crippen MR) is 170 cm³/mol. The molecule has 3 fully saturated rings. The smallest absolute Gasteiger partial charge is 0.343 e. The lowest BCUT2D eigenvalue weighted by molar-refractivity contribution is -0.329. The number of rotatable bonds is 8. The second kappa shape index (κ2) is 13.2. The van der Waals surface area contributed by atoms with Crippen LogP contribution in [0.5, 0.6) is 5.75 Å². The van der Waals surface area contributed by atoms with Crippen LogP contribution in [0.4, 0.5) is 5.69 Å². The van der Waals surface area contributed by atoms with Crippen molar-refractivity contribution in [3.63, 3.8) is 0 Å². The van der Waals surface area contributed by atoms with Crippen molar-refractivity contribution in [3.8, 4) is 5.75 Å². The van der Waals surface area contributed by atoms with Gasteiger partial charge in [0.15, 0.2) is 6.29 Å². The molecule has 2 heterocycles. The highest BCUT2D eigenvalue weighted by molar-refractivity contribution is 5.96. The van der Waals surface area contributed by atoms with E-state index in [0.29, 0.717) is 36.2 Å². The van der Waals surface area contributed by atoms with E-state index in [9.17, 15) is 35.4 Å². The maximum atomic E-state index is 12.8. The number of ether oxygens (including phenoxy) is 3. The zero-order chi connectivity index (χ0) is 33.6. The number of phenolic OH excluding ortho intramolecular Hbond substituents is 1. The Labute approximate surface area is 269 Å². The minimum Gasteiger partial charge on any atom is -0.507 e. The van der Waals surface area contributed by atoms with E-state index in [1.807, 2.05) is 38.1 Å². The van der Waals surface area contributed by atoms with Crippen LogP contribution in [0, 0.1) is 22.7 Å². The molecule has 1 aromatic rings. The topological polar surface area (TPSA) is 169 Å². The lowest BCUT2D eigenvalue weighted by atomic mass is 9.46. The molecule has 46 heavy (non-hydrogen) atoms. The largest absolute Gasteiger partial charge is 0.507 e. The fraction of sp³-hybridized carbons (Fsp3) is 0.571. The van der Waals surface area contributed by atoms with Crippen molar-refractivity contribution in [1.29, 1.82) is 0 Å². The summed E-state index contributed by atoms with van der Waals surface area (Å²) in [6.07, 6.45) is 2.14. The molecule has 2 aliphatic carbocycles. The Kier molecular flexibility index (Phi) is 9.87. The number of carbonyl (C=O) groups is 1. The maximum Gasteiger partial charge on any atom is 0.343 e. The molecule has 252 valence electrons. The summed E-state index contributed by atoms with van der Waals surface area (Å²) in [6, 6.07) is 5.27. The van der Waals surface area contributed by atoms with Gasteiger partial charge in [0.05, 0.1) is 24.9 Å². The molecule has 11 heteroatoms. The molecule has 10 atom stereocenters. The van der Waals surface area contributed by atoms with Crippen molar-refractivity contribution in [2.24, 2.45) is 22.7 Å². The molecule has 0 amide bonds. The Morgan fingerprint density at radius 2 is 1.85 bits per heavy atom. The summed E-state index contributed by atoms with van der Waals surface area (Å²) in [4.78, 5) is 14.7. The number of nitrogens with zero attached hydrogens (tertiary/aromatic N) is 1. The lowest BCUT2D eigenvalue weighted by Crippen LogP contribution is -2.63. The molecule has 2 aliphatic heterocycles. The molecule has 0 spiro atoms. The summed E-state index contributed by atoms with van der Waals surface area (Å²) in [6.45, 7) is 7.73. The number of anilines is 1. The fourth-order valence-electron chi connectivity index (χ4n) is 7.92. The van der Waals surface area contributed by atoms with Gasteiger partial charge in [0.1, 0.15) is 35.9 Å². The van der Waals surface area contributed by atoms with E-state index in [4.69, 9.17) is 14.2 Å². The zero-order valence-electron chi connectivity index (χ0n) is 26.9. The van der Waals surface area contributed by atoms with E-state index >= 15 is 0 Å². The lowest BCUT2D eigenvalue weighted by Gasteiger charge is -2.60. The minimum atomic E-state index is -1.56. The predicted octanol–water partition coefficient (Wildman–Crippen LogP) is 2.40. The fourth-order valence-corrected chi connectivity index (χ4v) is 7.92. The van der Waals surface area contributed by atoms with Crippen LogP contribution in [0.1, 0.15) is 45.1 Å². The second-order valence-electron chi connectivity index (χ2n) is 13.8. The quantitative estimate of drug-likeness (QED) is 0.140. The second-order valence-corrected chi connectivity index (χ2v) is 13.8. The van der Waals surface area contributed by atoms with Gasteiger partial charge in [-0.1, -0.05) is 38.2 Å². The van der Waals surface area contributed by atoms with Crippen molar-refractivity contribution >= 4 is 17.7 Å². The third kappa shape index (κ3) is 6.17. The summed E-state index contributed by atoms with van der Waals surface area (Å²) in [5, 5.41) is 62.0. The van der Waals surface area contributed by atoms with Gasteiger partial charge in [-0.2, -0.15) is 0 Å². The molecule has 6 N–H and O–H groups in total. The first-order chi connectivity index (χ1) is 21.7. The number of phenols is 1. The molecule has 0 radical (unpaired) electrons. The van der Waals surface area contributed by atoms with E-state index in [2.05, 4.69) is 13.5 Å². The number of hydrogen-bond acceptors (Lipinski definition) is 11. The Balaban J connectivity index is 1.35. The maximum absolute atomic E-state index is 12.8. The van der Waals surface area contributed by atoms with Crippen molar-refractivity contribution in [3.05, 3.63) is 65.5 Å².